The van der Waals surface area contributed by atoms with Crippen molar-refractivity contribution in [3.8, 4) is 6.07 Å². The van der Waals surface area contributed by atoms with Gasteiger partial charge < -0.3 is 14.2 Å². The number of hydrogen-bond donors (Lipinski definition) is 0. The van der Waals surface area contributed by atoms with Gasteiger partial charge in [0.2, 0.25) is 0 Å². The zero-order valence-electron chi connectivity index (χ0n) is 7.00. The Bertz CT molecular complexity index is 208. The molecule has 12 heavy (non-hydrogen) atoms. The molecule has 0 aliphatic carbocycles. The van der Waals surface area contributed by atoms with Crippen molar-refractivity contribution < 1.29 is 14.2 Å². The fourth-order valence-corrected chi connectivity index (χ4v) is 1.35. The lowest BCUT2D eigenvalue weighted by molar-refractivity contribution is -0.463. The van der Waals surface area contributed by atoms with Crippen LogP contribution >= 0.6 is 0 Å². The number of ether oxygens (including phenoxy) is 3. The number of rotatable bonds is 1. The molecular weight excluding hydrogens is 158 g/mol. The van der Waals surface area contributed by atoms with Crippen LogP contribution in [0.4, 0.5) is 0 Å². The van der Waals surface area contributed by atoms with Crippen LogP contribution in [0.25, 0.3) is 0 Å². The van der Waals surface area contributed by atoms with Crippen LogP contribution in [-0.2, 0) is 14.2 Å². The molecule has 0 unspecified atom stereocenters. The molecule has 0 amide bonds. The van der Waals surface area contributed by atoms with Crippen LogP contribution in [0.1, 0.15) is 13.3 Å². The first-order valence-corrected chi connectivity index (χ1v) is 3.97. The Morgan fingerprint density at radius 3 is 2.17 bits per heavy atom. The Hall–Kier alpha value is -0.630. The Kier molecular flexibility index (Phi) is 1.62. The van der Waals surface area contributed by atoms with Crippen LogP contribution in [-0.4, -0.2) is 25.8 Å². The zero-order valence-corrected chi connectivity index (χ0v) is 7.00. The van der Waals surface area contributed by atoms with Gasteiger partial charge in [0.15, 0.2) is 0 Å². The molecule has 0 spiro atoms. The van der Waals surface area contributed by atoms with Gasteiger partial charge in [0.1, 0.15) is 6.42 Å². The molecule has 4 heteroatoms. The monoisotopic (exact) mass is 169 g/mol. The van der Waals surface area contributed by atoms with E-state index < -0.39 is 5.97 Å². The van der Waals surface area contributed by atoms with Gasteiger partial charge in [-0.2, -0.15) is 5.26 Å². The van der Waals surface area contributed by atoms with E-state index in [-0.39, 0.29) is 11.8 Å². The third-order valence-corrected chi connectivity index (χ3v) is 2.22. The van der Waals surface area contributed by atoms with Gasteiger partial charge in [-0.15, -0.1) is 0 Å². The summed E-state index contributed by atoms with van der Waals surface area (Å²) in [7, 11) is 0. The quantitative estimate of drug-likeness (QED) is 0.578. The van der Waals surface area contributed by atoms with Crippen molar-refractivity contribution in [2.45, 2.75) is 19.3 Å². The molecule has 3 aliphatic heterocycles. The summed E-state index contributed by atoms with van der Waals surface area (Å²) < 4.78 is 16.0. The zero-order chi connectivity index (χ0) is 8.66. The van der Waals surface area contributed by atoms with E-state index >= 15 is 0 Å². The van der Waals surface area contributed by atoms with E-state index in [1.807, 2.05) is 13.0 Å². The highest BCUT2D eigenvalue weighted by atomic mass is 16.9. The minimum Gasteiger partial charge on any atom is -0.326 e. The van der Waals surface area contributed by atoms with Gasteiger partial charge in [0, 0.05) is 5.41 Å². The van der Waals surface area contributed by atoms with Gasteiger partial charge in [-0.05, 0) is 0 Å². The average Bonchev–Trinajstić information content (AvgIpc) is 2.08. The minimum absolute atomic E-state index is 0.0167. The lowest BCUT2D eigenvalue weighted by Gasteiger charge is -2.49. The molecule has 66 valence electrons. The maximum absolute atomic E-state index is 8.51. The van der Waals surface area contributed by atoms with Gasteiger partial charge in [0.25, 0.3) is 5.97 Å². The Labute approximate surface area is 71.0 Å². The summed E-state index contributed by atoms with van der Waals surface area (Å²) in [5.41, 5.74) is -0.0167. The first-order valence-electron chi connectivity index (χ1n) is 3.97. The number of fused-ring (bicyclic) bond motifs is 3. The van der Waals surface area contributed by atoms with E-state index in [1.54, 1.807) is 0 Å². The van der Waals surface area contributed by atoms with Gasteiger partial charge in [0.05, 0.1) is 25.9 Å². The summed E-state index contributed by atoms with van der Waals surface area (Å²) >= 11 is 0. The van der Waals surface area contributed by atoms with Crippen molar-refractivity contribution in [1.82, 2.24) is 0 Å². The molecule has 3 aliphatic rings. The molecule has 0 saturated carbocycles. The van der Waals surface area contributed by atoms with Gasteiger partial charge in [-0.1, -0.05) is 6.92 Å². The van der Waals surface area contributed by atoms with Crippen LogP contribution in [0.2, 0.25) is 0 Å². The molecular formula is C8H11NO3. The lowest BCUT2D eigenvalue weighted by atomic mass is 9.91. The van der Waals surface area contributed by atoms with Crippen molar-refractivity contribution in [3.05, 3.63) is 0 Å². The lowest BCUT2D eigenvalue weighted by Crippen LogP contribution is -2.58. The van der Waals surface area contributed by atoms with Crippen molar-refractivity contribution in [1.29, 1.82) is 5.26 Å². The molecule has 0 atom stereocenters. The minimum atomic E-state index is -1.05. The standard InChI is InChI=1S/C8H11NO3/c1-7-4-10-8(2-3-9,11-5-7)12-6-7/h2,4-6H2,1H3. The summed E-state index contributed by atoms with van der Waals surface area (Å²) in [6, 6.07) is 1.99. The van der Waals surface area contributed by atoms with E-state index in [4.69, 9.17) is 19.5 Å². The topological polar surface area (TPSA) is 51.5 Å². The number of nitrogens with zero attached hydrogens (tertiary/aromatic N) is 1. The second-order valence-electron chi connectivity index (χ2n) is 3.69. The smallest absolute Gasteiger partial charge is 0.296 e. The number of hydrogen-bond acceptors (Lipinski definition) is 4. The first-order chi connectivity index (χ1) is 5.68. The molecule has 0 radical (unpaired) electrons. The summed E-state index contributed by atoms with van der Waals surface area (Å²) in [6.45, 7) is 3.90. The highest BCUT2D eigenvalue weighted by Gasteiger charge is 2.50. The summed E-state index contributed by atoms with van der Waals surface area (Å²) in [6.07, 6.45) is 0.142. The second kappa shape index (κ2) is 2.43. The highest BCUT2D eigenvalue weighted by Crippen LogP contribution is 2.39. The molecule has 4 nitrogen and oxygen atoms in total. The van der Waals surface area contributed by atoms with E-state index in [0.29, 0.717) is 19.8 Å². The summed E-state index contributed by atoms with van der Waals surface area (Å²) in [4.78, 5) is 0. The van der Waals surface area contributed by atoms with Crippen molar-refractivity contribution in [3.63, 3.8) is 0 Å². The molecule has 0 aromatic carbocycles. The van der Waals surface area contributed by atoms with Crippen LogP contribution in [0, 0.1) is 16.7 Å². The predicted molar refractivity (Wildman–Crippen MR) is 38.9 cm³/mol. The third-order valence-electron chi connectivity index (χ3n) is 2.22. The summed E-state index contributed by atoms with van der Waals surface area (Å²) in [5, 5.41) is 8.51. The van der Waals surface area contributed by atoms with E-state index in [2.05, 4.69) is 0 Å². The normalized spacial score (nSPS) is 45.7. The van der Waals surface area contributed by atoms with E-state index in [0.717, 1.165) is 0 Å². The second-order valence-corrected chi connectivity index (χ2v) is 3.69. The van der Waals surface area contributed by atoms with Crippen LogP contribution < -0.4 is 0 Å². The maximum atomic E-state index is 8.51. The highest BCUT2D eigenvalue weighted by molar-refractivity contribution is 4.88. The van der Waals surface area contributed by atoms with Gasteiger partial charge >= 0.3 is 0 Å². The van der Waals surface area contributed by atoms with E-state index in [1.165, 1.54) is 0 Å². The van der Waals surface area contributed by atoms with Crippen molar-refractivity contribution >= 4 is 0 Å². The molecule has 3 fully saturated rings. The van der Waals surface area contributed by atoms with Crippen LogP contribution in [0.15, 0.2) is 0 Å². The number of nitriles is 1. The fraction of sp³-hybridized carbons (Fsp3) is 0.875. The fourth-order valence-electron chi connectivity index (χ4n) is 1.35. The van der Waals surface area contributed by atoms with Crippen molar-refractivity contribution in [2.75, 3.05) is 19.8 Å². The molecule has 2 bridgehead atoms. The maximum Gasteiger partial charge on any atom is 0.296 e. The van der Waals surface area contributed by atoms with E-state index in [9.17, 15) is 0 Å². The molecule has 0 aromatic rings. The SMILES string of the molecule is CC12COC(CC#N)(OC1)OC2. The molecule has 3 saturated heterocycles. The van der Waals surface area contributed by atoms with Crippen LogP contribution in [0.5, 0.6) is 0 Å². The molecule has 0 aromatic heterocycles. The third kappa shape index (κ3) is 1.11. The Balaban J connectivity index is 2.10. The Morgan fingerprint density at radius 1 is 1.25 bits per heavy atom. The Morgan fingerprint density at radius 2 is 1.75 bits per heavy atom. The van der Waals surface area contributed by atoms with Crippen LogP contribution in [0.3, 0.4) is 0 Å². The molecule has 0 N–H and O–H groups in total. The van der Waals surface area contributed by atoms with Gasteiger partial charge in [-0.3, -0.25) is 0 Å². The van der Waals surface area contributed by atoms with Gasteiger partial charge in [-0.25, -0.2) is 0 Å². The molecule has 3 heterocycles. The molecule has 3 rings (SSSR count). The largest absolute Gasteiger partial charge is 0.326 e. The predicted octanol–water partition coefficient (Wildman–Crippen LogP) is 0.637. The van der Waals surface area contributed by atoms with Crippen molar-refractivity contribution in [2.24, 2.45) is 5.41 Å². The first kappa shape index (κ1) is 7.99. The average molecular weight is 169 g/mol. The summed E-state index contributed by atoms with van der Waals surface area (Å²) in [5.74, 6) is -1.05.